The summed E-state index contributed by atoms with van der Waals surface area (Å²) < 4.78 is 2.01. The number of hydrogen-bond acceptors (Lipinski definition) is 5. The Balaban J connectivity index is 1.19. The highest BCUT2D eigenvalue weighted by Crippen LogP contribution is 2.31. The molecule has 8 heteroatoms. The van der Waals surface area contributed by atoms with E-state index in [4.69, 9.17) is 4.98 Å². The van der Waals surface area contributed by atoms with Gasteiger partial charge in [-0.05, 0) is 19.3 Å². The quantitative estimate of drug-likeness (QED) is 0.836. The number of amides is 2. The summed E-state index contributed by atoms with van der Waals surface area (Å²) in [5.74, 6) is 0. The van der Waals surface area contributed by atoms with Crippen molar-refractivity contribution >= 4 is 23.1 Å². The molecule has 5 rings (SSSR count). The maximum Gasteiger partial charge on any atom is 0.324 e. The summed E-state index contributed by atoms with van der Waals surface area (Å²) in [4.78, 5) is 24.3. The minimum Gasteiger partial charge on any atom is -0.326 e. The molecular formula is C17H22N6OS. The van der Waals surface area contributed by atoms with Crippen LogP contribution in [0.3, 0.4) is 0 Å². The van der Waals surface area contributed by atoms with Crippen LogP contribution >= 0.6 is 11.3 Å². The molecule has 2 fully saturated rings. The van der Waals surface area contributed by atoms with E-state index in [1.54, 1.807) is 9.80 Å². The second-order valence-corrected chi connectivity index (χ2v) is 8.38. The third-order valence-electron chi connectivity index (χ3n) is 5.43. The number of anilines is 1. The Kier molecular flexibility index (Phi) is 3.56. The van der Waals surface area contributed by atoms with Gasteiger partial charge >= 0.3 is 6.03 Å². The van der Waals surface area contributed by atoms with Gasteiger partial charge in [0.05, 0.1) is 30.2 Å². The zero-order valence-corrected chi connectivity index (χ0v) is 15.2. The number of aryl methyl sites for hydroxylation is 2. The van der Waals surface area contributed by atoms with Gasteiger partial charge in [-0.15, -0.1) is 11.3 Å². The Morgan fingerprint density at radius 2 is 2.16 bits per heavy atom. The number of likely N-dealkylation sites (tertiary alicyclic amines) is 1. The van der Waals surface area contributed by atoms with Crippen molar-refractivity contribution in [1.29, 1.82) is 0 Å². The summed E-state index contributed by atoms with van der Waals surface area (Å²) in [5, 5.41) is 5.75. The number of fused-ring (bicyclic) bond motifs is 1. The number of nitrogens with zero attached hydrogens (tertiary/aromatic N) is 6. The average molecular weight is 358 g/mol. The molecule has 0 N–H and O–H groups in total. The predicted octanol–water partition coefficient (Wildman–Crippen LogP) is 1.76. The van der Waals surface area contributed by atoms with E-state index in [9.17, 15) is 4.79 Å². The van der Waals surface area contributed by atoms with Crippen LogP contribution < -0.4 is 4.90 Å². The molecule has 25 heavy (non-hydrogen) atoms. The summed E-state index contributed by atoms with van der Waals surface area (Å²) in [6.45, 7) is 4.47. The predicted molar refractivity (Wildman–Crippen MR) is 96.1 cm³/mol. The zero-order valence-electron chi connectivity index (χ0n) is 14.4. The Labute approximate surface area is 150 Å². The van der Waals surface area contributed by atoms with Gasteiger partial charge in [0.1, 0.15) is 5.01 Å². The van der Waals surface area contributed by atoms with E-state index in [-0.39, 0.29) is 6.03 Å². The third kappa shape index (κ3) is 2.64. The summed E-state index contributed by atoms with van der Waals surface area (Å²) >= 11 is 1.89. The van der Waals surface area contributed by atoms with E-state index in [2.05, 4.69) is 10.00 Å². The number of aromatic nitrogens is 3. The molecule has 7 nitrogen and oxygen atoms in total. The third-order valence-corrected chi connectivity index (χ3v) is 6.57. The van der Waals surface area contributed by atoms with Crippen molar-refractivity contribution in [3.8, 4) is 0 Å². The summed E-state index contributed by atoms with van der Waals surface area (Å²) in [5.41, 5.74) is 2.25. The van der Waals surface area contributed by atoms with Gasteiger partial charge in [-0.25, -0.2) is 9.78 Å². The van der Waals surface area contributed by atoms with Gasteiger partial charge < -0.3 is 4.90 Å². The smallest absolute Gasteiger partial charge is 0.324 e. The highest BCUT2D eigenvalue weighted by molar-refractivity contribution is 7.11. The minimum absolute atomic E-state index is 0.0617. The molecule has 0 unspecified atom stereocenters. The molecule has 0 aromatic carbocycles. The van der Waals surface area contributed by atoms with E-state index >= 15 is 0 Å². The van der Waals surface area contributed by atoms with Crippen molar-refractivity contribution in [2.45, 2.75) is 31.8 Å². The van der Waals surface area contributed by atoms with Crippen LogP contribution in [0, 0.1) is 0 Å². The zero-order chi connectivity index (χ0) is 17.0. The number of hydrogen-bond donors (Lipinski definition) is 0. The minimum atomic E-state index is 0.0617. The van der Waals surface area contributed by atoms with Crippen LogP contribution in [-0.4, -0.2) is 63.8 Å². The molecule has 2 aromatic heterocycles. The first-order chi connectivity index (χ1) is 12.2. The molecule has 4 heterocycles. The Morgan fingerprint density at radius 3 is 2.92 bits per heavy atom. The molecule has 0 atom stereocenters. The lowest BCUT2D eigenvalue weighted by Crippen LogP contribution is -2.47. The molecule has 0 bridgehead atoms. The fraction of sp³-hybridized carbons (Fsp3) is 0.588. The largest absolute Gasteiger partial charge is 0.326 e. The molecule has 2 aliphatic heterocycles. The maximum absolute atomic E-state index is 12.1. The Hall–Kier alpha value is -1.93. The van der Waals surface area contributed by atoms with Crippen molar-refractivity contribution in [3.05, 3.63) is 28.0 Å². The standard InChI is InChI=1S/C17H22N6OS/c1-20-5-6-22(17(20)24)12-7-18-23(10-12)13-8-21(9-13)11-16-19-14-3-2-4-15(14)25-16/h7,10,13H,2-6,8-9,11H2,1H3. The Morgan fingerprint density at radius 1 is 1.28 bits per heavy atom. The van der Waals surface area contributed by atoms with Gasteiger partial charge in [0, 0.05) is 44.3 Å². The summed E-state index contributed by atoms with van der Waals surface area (Å²) in [6.07, 6.45) is 7.48. The van der Waals surface area contributed by atoms with Gasteiger partial charge in [-0.1, -0.05) is 0 Å². The SMILES string of the molecule is CN1CCN(c2cnn(C3CN(Cc4nc5c(s4)CCC5)C3)c2)C1=O. The van der Waals surface area contributed by atoms with Crippen LogP contribution in [-0.2, 0) is 19.4 Å². The summed E-state index contributed by atoms with van der Waals surface area (Å²) in [6, 6.07) is 0.461. The van der Waals surface area contributed by atoms with E-state index in [1.807, 2.05) is 35.5 Å². The topological polar surface area (TPSA) is 57.5 Å². The highest BCUT2D eigenvalue weighted by Gasteiger charge is 2.32. The average Bonchev–Trinajstić information content (AvgIpc) is 3.29. The molecular weight excluding hydrogens is 336 g/mol. The van der Waals surface area contributed by atoms with Crippen LogP contribution in [0.4, 0.5) is 10.5 Å². The second-order valence-electron chi connectivity index (χ2n) is 7.21. The molecule has 1 aliphatic carbocycles. The highest BCUT2D eigenvalue weighted by atomic mass is 32.1. The van der Waals surface area contributed by atoms with Crippen molar-refractivity contribution in [2.24, 2.45) is 0 Å². The van der Waals surface area contributed by atoms with E-state index in [0.29, 0.717) is 6.04 Å². The summed E-state index contributed by atoms with van der Waals surface area (Å²) in [7, 11) is 1.84. The fourth-order valence-corrected chi connectivity index (χ4v) is 5.10. The first-order valence-corrected chi connectivity index (χ1v) is 9.75. The lowest BCUT2D eigenvalue weighted by atomic mass is 10.1. The first kappa shape index (κ1) is 15.3. The monoisotopic (exact) mass is 358 g/mol. The first-order valence-electron chi connectivity index (χ1n) is 8.94. The normalized spacial score (nSPS) is 21.2. The van der Waals surface area contributed by atoms with E-state index in [0.717, 1.165) is 44.8 Å². The number of carbonyl (C=O) groups is 1. The molecule has 0 saturated carbocycles. The molecule has 0 radical (unpaired) electrons. The lowest BCUT2D eigenvalue weighted by Gasteiger charge is -2.38. The lowest BCUT2D eigenvalue weighted by molar-refractivity contribution is 0.0908. The van der Waals surface area contributed by atoms with Crippen LogP contribution in [0.15, 0.2) is 12.4 Å². The van der Waals surface area contributed by atoms with Gasteiger partial charge in [-0.2, -0.15) is 5.10 Å². The molecule has 2 saturated heterocycles. The number of likely N-dealkylation sites (N-methyl/N-ethyl adjacent to an activating group) is 1. The van der Waals surface area contributed by atoms with Crippen molar-refractivity contribution < 1.29 is 4.79 Å². The number of thiazole rings is 1. The molecule has 2 aromatic rings. The van der Waals surface area contributed by atoms with Gasteiger partial charge in [-0.3, -0.25) is 14.5 Å². The van der Waals surface area contributed by atoms with Crippen LogP contribution in [0.2, 0.25) is 0 Å². The van der Waals surface area contributed by atoms with Crippen LogP contribution in [0.5, 0.6) is 0 Å². The molecule has 2 amide bonds. The number of carbonyl (C=O) groups excluding carboxylic acids is 1. The van der Waals surface area contributed by atoms with E-state index in [1.165, 1.54) is 28.4 Å². The van der Waals surface area contributed by atoms with Crippen molar-refractivity contribution in [2.75, 3.05) is 38.1 Å². The van der Waals surface area contributed by atoms with Crippen LogP contribution in [0.1, 0.15) is 28.0 Å². The number of rotatable bonds is 4. The number of urea groups is 1. The van der Waals surface area contributed by atoms with Crippen molar-refractivity contribution in [3.63, 3.8) is 0 Å². The van der Waals surface area contributed by atoms with Gasteiger partial charge in [0.2, 0.25) is 0 Å². The molecule has 0 spiro atoms. The maximum atomic E-state index is 12.1. The van der Waals surface area contributed by atoms with Crippen LogP contribution in [0.25, 0.3) is 0 Å². The van der Waals surface area contributed by atoms with Gasteiger partial charge in [0.15, 0.2) is 0 Å². The van der Waals surface area contributed by atoms with Crippen molar-refractivity contribution in [1.82, 2.24) is 24.6 Å². The van der Waals surface area contributed by atoms with E-state index < -0.39 is 0 Å². The second kappa shape index (κ2) is 5.81. The molecule has 132 valence electrons. The molecule has 3 aliphatic rings. The fourth-order valence-electron chi connectivity index (χ4n) is 3.90. The Bertz CT molecular complexity index is 786. The van der Waals surface area contributed by atoms with Gasteiger partial charge in [0.25, 0.3) is 0 Å².